The first-order valence-corrected chi connectivity index (χ1v) is 9.07. The number of likely N-dealkylation sites (N-methyl/N-ethyl adjacent to an activating group) is 1. The fourth-order valence-corrected chi connectivity index (χ4v) is 3.16. The van der Waals surface area contributed by atoms with E-state index in [9.17, 15) is 4.79 Å². The Morgan fingerprint density at radius 2 is 1.72 bits per heavy atom. The molecule has 2 heterocycles. The van der Waals surface area contributed by atoms with Crippen LogP contribution in [0.3, 0.4) is 0 Å². The van der Waals surface area contributed by atoms with Gasteiger partial charge in [0.1, 0.15) is 23.1 Å². The van der Waals surface area contributed by atoms with Crippen molar-refractivity contribution in [2.45, 2.75) is 0 Å². The molecule has 2 aromatic carbocycles. The Morgan fingerprint density at radius 3 is 2.45 bits per heavy atom. The zero-order valence-electron chi connectivity index (χ0n) is 16.4. The van der Waals surface area contributed by atoms with Crippen LogP contribution in [0, 0.1) is 0 Å². The third kappa shape index (κ3) is 3.80. The Bertz CT molecular complexity index is 1050. The minimum Gasteiger partial charge on any atom is -0.497 e. The quantitative estimate of drug-likeness (QED) is 0.712. The van der Waals surface area contributed by atoms with Crippen LogP contribution < -0.4 is 24.4 Å². The van der Waals surface area contributed by atoms with Crippen LogP contribution in [0.5, 0.6) is 17.2 Å². The number of hydrogen-bond donors (Lipinski definition) is 1. The molecule has 1 aliphatic rings. The van der Waals surface area contributed by atoms with Crippen LogP contribution in [0.25, 0.3) is 11.1 Å². The third-order valence-corrected chi connectivity index (χ3v) is 4.76. The first-order chi connectivity index (χ1) is 14.1. The van der Waals surface area contributed by atoms with Crippen LogP contribution in [0.2, 0.25) is 0 Å². The van der Waals surface area contributed by atoms with Gasteiger partial charge in [0.05, 0.1) is 19.9 Å². The molecule has 0 fully saturated rings. The molecule has 0 radical (unpaired) electrons. The molecule has 3 aromatic rings. The molecule has 0 unspecified atom stereocenters. The maximum Gasteiger partial charge on any atom is 0.264 e. The van der Waals surface area contributed by atoms with E-state index in [4.69, 9.17) is 14.2 Å². The van der Waals surface area contributed by atoms with Crippen LogP contribution in [0.1, 0.15) is 0 Å². The molecule has 0 atom stereocenters. The van der Waals surface area contributed by atoms with Crippen molar-refractivity contribution in [1.29, 1.82) is 0 Å². The number of nitrogens with one attached hydrogen (secondary N) is 1. The summed E-state index contributed by atoms with van der Waals surface area (Å²) in [5.74, 6) is 2.68. The number of amides is 1. The van der Waals surface area contributed by atoms with E-state index < -0.39 is 0 Å². The van der Waals surface area contributed by atoms with Gasteiger partial charge in [0.2, 0.25) is 0 Å². The maximum atomic E-state index is 11.9. The molecule has 0 saturated heterocycles. The molecule has 29 heavy (non-hydrogen) atoms. The van der Waals surface area contributed by atoms with Crippen LogP contribution in [0.15, 0.2) is 54.7 Å². The number of rotatable bonds is 5. The van der Waals surface area contributed by atoms with Gasteiger partial charge in [0, 0.05) is 37.1 Å². The Kier molecular flexibility index (Phi) is 4.95. The predicted molar refractivity (Wildman–Crippen MR) is 111 cm³/mol. The molecular formula is C22H21N3O4. The topological polar surface area (TPSA) is 72.9 Å². The minimum atomic E-state index is -0.0706. The summed E-state index contributed by atoms with van der Waals surface area (Å²) in [5.41, 5.74) is 3.48. The van der Waals surface area contributed by atoms with Crippen LogP contribution >= 0.6 is 0 Å². The van der Waals surface area contributed by atoms with Crippen molar-refractivity contribution in [2.75, 3.05) is 38.1 Å². The number of hydrogen-bond acceptors (Lipinski definition) is 6. The van der Waals surface area contributed by atoms with Crippen LogP contribution in [-0.4, -0.2) is 38.8 Å². The fraction of sp³-hybridized carbons (Fsp3) is 0.182. The highest BCUT2D eigenvalue weighted by atomic mass is 16.5. The second kappa shape index (κ2) is 7.71. The van der Waals surface area contributed by atoms with Gasteiger partial charge in [-0.15, -0.1) is 0 Å². The summed E-state index contributed by atoms with van der Waals surface area (Å²) in [6.07, 6.45) is 1.74. The summed E-state index contributed by atoms with van der Waals surface area (Å²) >= 11 is 0. The SMILES string of the molecule is COc1cc(Nc2cc(-c3ccc4c(c3)N(C)C(=O)CO4)ccn2)cc(OC)c1. The Balaban J connectivity index is 1.64. The summed E-state index contributed by atoms with van der Waals surface area (Å²) in [6.45, 7) is 0.0656. The number of ether oxygens (including phenoxy) is 3. The van der Waals surface area contributed by atoms with Crippen molar-refractivity contribution in [1.82, 2.24) is 4.98 Å². The number of aromatic nitrogens is 1. The molecule has 1 amide bonds. The van der Waals surface area contributed by atoms with Gasteiger partial charge in [-0.3, -0.25) is 4.79 Å². The zero-order valence-corrected chi connectivity index (χ0v) is 16.4. The van der Waals surface area contributed by atoms with Gasteiger partial charge in [-0.1, -0.05) is 6.07 Å². The second-order valence-corrected chi connectivity index (χ2v) is 6.58. The predicted octanol–water partition coefficient (Wildman–Crippen LogP) is 3.86. The highest BCUT2D eigenvalue weighted by Gasteiger charge is 2.22. The molecule has 0 saturated carbocycles. The Morgan fingerprint density at radius 1 is 1.00 bits per heavy atom. The van der Waals surface area contributed by atoms with Gasteiger partial charge in [-0.25, -0.2) is 4.98 Å². The molecule has 148 valence electrons. The maximum absolute atomic E-state index is 11.9. The molecular weight excluding hydrogens is 370 g/mol. The number of carbonyl (C=O) groups excluding carboxylic acids is 1. The molecule has 1 aromatic heterocycles. The van der Waals surface area contributed by atoms with Crippen molar-refractivity contribution >= 4 is 23.1 Å². The van der Waals surface area contributed by atoms with Gasteiger partial charge < -0.3 is 24.4 Å². The summed E-state index contributed by atoms with van der Waals surface area (Å²) in [7, 11) is 4.97. The van der Waals surface area contributed by atoms with E-state index in [1.54, 1.807) is 32.4 Å². The number of methoxy groups -OCH3 is 2. The van der Waals surface area contributed by atoms with Gasteiger partial charge in [-0.05, 0) is 35.4 Å². The standard InChI is InChI=1S/C22H21N3O4/c1-25-19-8-14(4-5-20(19)29-13-22(25)26)15-6-7-23-21(9-15)24-16-10-17(27-2)12-18(11-16)28-3/h4-12H,13H2,1-3H3,(H,23,24). The number of anilines is 3. The lowest BCUT2D eigenvalue weighted by Crippen LogP contribution is -2.35. The third-order valence-electron chi connectivity index (χ3n) is 4.76. The van der Waals surface area contributed by atoms with Crippen molar-refractivity contribution in [3.63, 3.8) is 0 Å². The lowest BCUT2D eigenvalue weighted by molar-refractivity contribution is -0.120. The fourth-order valence-electron chi connectivity index (χ4n) is 3.16. The molecule has 4 rings (SSSR count). The van der Waals surface area contributed by atoms with E-state index in [1.165, 1.54) is 0 Å². The molecule has 0 bridgehead atoms. The number of nitrogens with zero attached hydrogens (tertiary/aromatic N) is 2. The number of benzene rings is 2. The highest BCUT2D eigenvalue weighted by Crippen LogP contribution is 2.36. The molecule has 7 heteroatoms. The molecule has 0 spiro atoms. The van der Waals surface area contributed by atoms with E-state index >= 15 is 0 Å². The average Bonchev–Trinajstić information content (AvgIpc) is 2.76. The monoisotopic (exact) mass is 391 g/mol. The number of pyridine rings is 1. The lowest BCUT2D eigenvalue weighted by Gasteiger charge is -2.26. The second-order valence-electron chi connectivity index (χ2n) is 6.58. The Hall–Kier alpha value is -3.74. The zero-order chi connectivity index (χ0) is 20.4. The molecule has 0 aliphatic carbocycles. The molecule has 7 nitrogen and oxygen atoms in total. The van der Waals surface area contributed by atoms with Gasteiger partial charge in [-0.2, -0.15) is 0 Å². The minimum absolute atomic E-state index is 0.0656. The first kappa shape index (κ1) is 18.6. The number of carbonyl (C=O) groups is 1. The van der Waals surface area contributed by atoms with Crippen molar-refractivity contribution in [3.05, 3.63) is 54.7 Å². The molecule has 1 aliphatic heterocycles. The summed E-state index contributed by atoms with van der Waals surface area (Å²) < 4.78 is 16.1. The van der Waals surface area contributed by atoms with Gasteiger partial charge >= 0.3 is 0 Å². The van der Waals surface area contributed by atoms with E-state index in [2.05, 4.69) is 10.3 Å². The van der Waals surface area contributed by atoms with Gasteiger partial charge in [0.15, 0.2) is 6.61 Å². The highest BCUT2D eigenvalue weighted by molar-refractivity contribution is 5.98. The van der Waals surface area contributed by atoms with Crippen molar-refractivity contribution < 1.29 is 19.0 Å². The van der Waals surface area contributed by atoms with Crippen molar-refractivity contribution in [2.24, 2.45) is 0 Å². The van der Waals surface area contributed by atoms with E-state index in [1.807, 2.05) is 48.5 Å². The summed E-state index contributed by atoms with van der Waals surface area (Å²) in [5, 5.41) is 3.28. The number of fused-ring (bicyclic) bond motifs is 1. The van der Waals surface area contributed by atoms with E-state index in [-0.39, 0.29) is 12.5 Å². The van der Waals surface area contributed by atoms with E-state index in [0.717, 1.165) is 22.5 Å². The average molecular weight is 391 g/mol. The van der Waals surface area contributed by atoms with Crippen LogP contribution in [-0.2, 0) is 4.79 Å². The summed E-state index contributed by atoms with van der Waals surface area (Å²) in [6, 6.07) is 15.2. The smallest absolute Gasteiger partial charge is 0.264 e. The largest absolute Gasteiger partial charge is 0.497 e. The van der Waals surface area contributed by atoms with E-state index in [0.29, 0.717) is 23.1 Å². The first-order valence-electron chi connectivity index (χ1n) is 9.07. The van der Waals surface area contributed by atoms with Crippen LogP contribution in [0.4, 0.5) is 17.2 Å². The molecule has 1 N–H and O–H groups in total. The van der Waals surface area contributed by atoms with Gasteiger partial charge in [0.25, 0.3) is 5.91 Å². The van der Waals surface area contributed by atoms with Crippen molar-refractivity contribution in [3.8, 4) is 28.4 Å². The lowest BCUT2D eigenvalue weighted by atomic mass is 10.0. The normalized spacial score (nSPS) is 12.8. The summed E-state index contributed by atoms with van der Waals surface area (Å²) in [4.78, 5) is 17.9. The Labute approximate surface area is 168 Å².